The van der Waals surface area contributed by atoms with Crippen LogP contribution in [0.15, 0.2) is 97.1 Å². The average molecular weight is 464 g/mol. The van der Waals surface area contributed by atoms with Crippen molar-refractivity contribution in [1.82, 2.24) is 0 Å². The molecule has 2 N–H and O–H groups in total. The van der Waals surface area contributed by atoms with E-state index in [2.05, 4.69) is 5.32 Å². The summed E-state index contributed by atoms with van der Waals surface area (Å²) in [5.74, 6) is -1.82. The Kier molecular flexibility index (Phi) is 6.88. The van der Waals surface area contributed by atoms with Crippen LogP contribution >= 0.6 is 0 Å². The van der Waals surface area contributed by atoms with E-state index in [0.717, 1.165) is 11.1 Å². The van der Waals surface area contributed by atoms with Crippen molar-refractivity contribution in [1.29, 1.82) is 0 Å². The van der Waals surface area contributed by atoms with E-state index in [0.29, 0.717) is 27.9 Å². The minimum absolute atomic E-state index is 0.0735. The van der Waals surface area contributed by atoms with Gasteiger partial charge in [0.05, 0.1) is 11.5 Å². The van der Waals surface area contributed by atoms with Crippen molar-refractivity contribution < 1.29 is 19.5 Å². The summed E-state index contributed by atoms with van der Waals surface area (Å²) in [6.45, 7) is 3.64. The first-order valence-corrected chi connectivity index (χ1v) is 11.3. The van der Waals surface area contributed by atoms with Crippen LogP contribution in [0.1, 0.15) is 50.2 Å². The molecule has 174 valence electrons. The third kappa shape index (κ3) is 5.04. The van der Waals surface area contributed by atoms with Crippen LogP contribution in [0.25, 0.3) is 11.1 Å². The fraction of sp³-hybridized carbons (Fsp3) is 0.100. The van der Waals surface area contributed by atoms with Crippen LogP contribution in [0, 0.1) is 6.92 Å². The lowest BCUT2D eigenvalue weighted by atomic mass is 9.93. The van der Waals surface area contributed by atoms with Crippen LogP contribution in [0.5, 0.6) is 0 Å². The van der Waals surface area contributed by atoms with E-state index in [9.17, 15) is 19.5 Å². The quantitative estimate of drug-likeness (QED) is 0.314. The highest BCUT2D eigenvalue weighted by Crippen LogP contribution is 2.34. The van der Waals surface area contributed by atoms with E-state index in [1.165, 1.54) is 0 Å². The summed E-state index contributed by atoms with van der Waals surface area (Å²) >= 11 is 0. The Bertz CT molecular complexity index is 1390. The van der Waals surface area contributed by atoms with Gasteiger partial charge >= 0.3 is 5.97 Å². The number of carboxylic acids is 1. The average Bonchev–Trinajstić information content (AvgIpc) is 2.88. The van der Waals surface area contributed by atoms with Gasteiger partial charge in [-0.1, -0.05) is 84.9 Å². The number of hydrogen-bond donors (Lipinski definition) is 2. The van der Waals surface area contributed by atoms with Gasteiger partial charge in [0.1, 0.15) is 0 Å². The maximum Gasteiger partial charge on any atom is 0.336 e. The summed E-state index contributed by atoms with van der Waals surface area (Å²) in [6, 6.07) is 28.4. The van der Waals surface area contributed by atoms with Gasteiger partial charge < -0.3 is 10.4 Å². The molecular weight excluding hydrogens is 438 g/mol. The van der Waals surface area contributed by atoms with E-state index in [-0.39, 0.29) is 17.3 Å². The zero-order valence-electron chi connectivity index (χ0n) is 19.5. The molecule has 0 aromatic heterocycles. The Morgan fingerprint density at radius 1 is 0.743 bits per heavy atom. The molecule has 0 saturated carbocycles. The summed E-state index contributed by atoms with van der Waals surface area (Å²) in [5, 5.41) is 12.6. The normalized spacial score (nSPS) is 11.5. The first kappa shape index (κ1) is 23.6. The largest absolute Gasteiger partial charge is 0.478 e. The highest BCUT2D eigenvalue weighted by Gasteiger charge is 2.20. The lowest BCUT2D eigenvalue weighted by Gasteiger charge is -2.18. The van der Waals surface area contributed by atoms with E-state index in [4.69, 9.17) is 0 Å². The molecule has 0 aliphatic rings. The van der Waals surface area contributed by atoms with E-state index >= 15 is 0 Å². The van der Waals surface area contributed by atoms with Crippen molar-refractivity contribution in [3.05, 3.63) is 125 Å². The standard InChI is InChI=1S/C30H25NO4/c1-19-9-8-13-25(30(34)35)27(19)24-12-6-7-14-26(24)31-29(33)20(2)21-15-17-23(18-16-21)28(32)22-10-4-3-5-11-22/h3-18,20H,1-2H3,(H,31,33)(H,34,35). The molecule has 5 heteroatoms. The van der Waals surface area contributed by atoms with Gasteiger partial charge in [0.15, 0.2) is 5.78 Å². The predicted octanol–water partition coefficient (Wildman–Crippen LogP) is 6.33. The second-order valence-corrected chi connectivity index (χ2v) is 8.38. The van der Waals surface area contributed by atoms with E-state index in [1.54, 1.807) is 73.7 Å². The first-order chi connectivity index (χ1) is 16.9. The number of para-hydroxylation sites is 1. The number of carbonyl (C=O) groups excluding carboxylic acids is 2. The maximum atomic E-state index is 13.1. The third-order valence-corrected chi connectivity index (χ3v) is 6.06. The Morgan fingerprint density at radius 3 is 2.06 bits per heavy atom. The molecule has 0 bridgehead atoms. The molecule has 0 aliphatic heterocycles. The van der Waals surface area contributed by atoms with Crippen molar-refractivity contribution in [2.45, 2.75) is 19.8 Å². The smallest absolute Gasteiger partial charge is 0.336 e. The van der Waals surface area contributed by atoms with E-state index < -0.39 is 11.9 Å². The van der Waals surface area contributed by atoms with Crippen LogP contribution < -0.4 is 5.32 Å². The van der Waals surface area contributed by atoms with Gasteiger partial charge in [-0.25, -0.2) is 4.79 Å². The van der Waals surface area contributed by atoms with Crippen molar-refractivity contribution in [3.63, 3.8) is 0 Å². The number of hydrogen-bond acceptors (Lipinski definition) is 3. The number of aromatic carboxylic acids is 1. The van der Waals surface area contributed by atoms with Crippen LogP contribution in [-0.4, -0.2) is 22.8 Å². The second kappa shape index (κ2) is 10.2. The molecule has 0 fully saturated rings. The van der Waals surface area contributed by atoms with Crippen LogP contribution in [-0.2, 0) is 4.79 Å². The molecule has 1 unspecified atom stereocenters. The van der Waals surface area contributed by atoms with Crippen molar-refractivity contribution >= 4 is 23.3 Å². The molecule has 5 nitrogen and oxygen atoms in total. The number of benzene rings is 4. The lowest BCUT2D eigenvalue weighted by Crippen LogP contribution is -2.19. The lowest BCUT2D eigenvalue weighted by molar-refractivity contribution is -0.117. The van der Waals surface area contributed by atoms with Gasteiger partial charge in [-0.05, 0) is 37.1 Å². The van der Waals surface area contributed by atoms with Gasteiger partial charge in [-0.3, -0.25) is 9.59 Å². The highest BCUT2D eigenvalue weighted by molar-refractivity contribution is 6.09. The molecule has 1 amide bonds. The summed E-state index contributed by atoms with van der Waals surface area (Å²) < 4.78 is 0. The third-order valence-electron chi connectivity index (χ3n) is 6.06. The number of rotatable bonds is 7. The van der Waals surface area contributed by atoms with E-state index in [1.807, 2.05) is 37.3 Å². The Balaban J connectivity index is 1.57. The van der Waals surface area contributed by atoms with Gasteiger partial charge in [0, 0.05) is 27.9 Å². The van der Waals surface area contributed by atoms with Crippen molar-refractivity contribution in [2.75, 3.05) is 5.32 Å². The number of ketones is 1. The van der Waals surface area contributed by atoms with Crippen molar-refractivity contribution in [2.24, 2.45) is 0 Å². The highest BCUT2D eigenvalue weighted by atomic mass is 16.4. The van der Waals surface area contributed by atoms with Gasteiger partial charge in [-0.2, -0.15) is 0 Å². The molecule has 0 saturated heterocycles. The number of carbonyl (C=O) groups is 3. The Hall–Kier alpha value is -4.51. The Labute approximate surface area is 204 Å². The number of aryl methyl sites for hydroxylation is 1. The zero-order chi connectivity index (χ0) is 24.9. The van der Waals surface area contributed by atoms with Crippen molar-refractivity contribution in [3.8, 4) is 11.1 Å². The summed E-state index contributed by atoms with van der Waals surface area (Å²) in [4.78, 5) is 37.6. The second-order valence-electron chi connectivity index (χ2n) is 8.38. The van der Waals surface area contributed by atoms with Crippen LogP contribution in [0.4, 0.5) is 5.69 Å². The fourth-order valence-corrected chi connectivity index (χ4v) is 4.09. The number of amides is 1. The number of nitrogens with one attached hydrogen (secondary N) is 1. The maximum absolute atomic E-state index is 13.1. The molecule has 35 heavy (non-hydrogen) atoms. The first-order valence-electron chi connectivity index (χ1n) is 11.3. The minimum atomic E-state index is -1.02. The molecule has 0 radical (unpaired) electrons. The molecule has 4 aromatic rings. The fourth-order valence-electron chi connectivity index (χ4n) is 4.09. The molecule has 0 heterocycles. The number of carboxylic acid groups (broad SMARTS) is 1. The number of anilines is 1. The minimum Gasteiger partial charge on any atom is -0.478 e. The molecule has 1 atom stereocenters. The van der Waals surface area contributed by atoms with Crippen LogP contribution in [0.2, 0.25) is 0 Å². The topological polar surface area (TPSA) is 83.5 Å². The SMILES string of the molecule is Cc1cccc(C(=O)O)c1-c1ccccc1NC(=O)C(C)c1ccc(C(=O)c2ccccc2)cc1. The molecule has 4 rings (SSSR count). The predicted molar refractivity (Wildman–Crippen MR) is 137 cm³/mol. The summed E-state index contributed by atoms with van der Waals surface area (Å²) in [6.07, 6.45) is 0. The molecular formula is C30H25NO4. The molecule has 0 aliphatic carbocycles. The summed E-state index contributed by atoms with van der Waals surface area (Å²) in [5.41, 5.74) is 4.68. The van der Waals surface area contributed by atoms with Gasteiger partial charge in [0.2, 0.25) is 5.91 Å². The van der Waals surface area contributed by atoms with Crippen LogP contribution in [0.3, 0.4) is 0 Å². The van der Waals surface area contributed by atoms with Gasteiger partial charge in [0.25, 0.3) is 0 Å². The summed E-state index contributed by atoms with van der Waals surface area (Å²) in [7, 11) is 0. The molecule has 0 spiro atoms. The molecule has 4 aromatic carbocycles. The monoisotopic (exact) mass is 463 g/mol. The van der Waals surface area contributed by atoms with Gasteiger partial charge in [-0.15, -0.1) is 0 Å². The zero-order valence-corrected chi connectivity index (χ0v) is 19.5. The Morgan fingerprint density at radius 2 is 1.37 bits per heavy atom.